The number of hydrogen-bond donors (Lipinski definition) is 8. The second-order valence-electron chi connectivity index (χ2n) is 1.13. The largest absolute Gasteiger partial charge is 0.503 e. The van der Waals surface area contributed by atoms with Crippen LogP contribution in [0.3, 0.4) is 0 Å². The van der Waals surface area contributed by atoms with Crippen molar-refractivity contribution in [1.82, 2.24) is 0 Å². The Morgan fingerprint density at radius 3 is 0.450 bits per heavy atom. The zero-order chi connectivity index (χ0) is 16.3. The molecule has 0 unspecified atom stereocenters. The summed E-state index contributed by atoms with van der Waals surface area (Å²) in [6, 6.07) is 0. The Labute approximate surface area is 108 Å². The van der Waals surface area contributed by atoms with Gasteiger partial charge in [0.1, 0.15) is 6.79 Å². The maximum Gasteiger partial charge on any atom is 0.503 e. The molecule has 12 N–H and O–H groups in total. The lowest BCUT2D eigenvalue weighted by atomic mass is 11.5. The van der Waals surface area contributed by atoms with Crippen LogP contribution in [0.5, 0.6) is 0 Å². The van der Waals surface area contributed by atoms with Gasteiger partial charge in [-0.1, -0.05) is 0 Å². The van der Waals surface area contributed by atoms with E-state index in [9.17, 15) is 0 Å². The third-order valence-electron chi connectivity index (χ3n) is 0. The van der Waals surface area contributed by atoms with Crippen molar-refractivity contribution in [1.29, 1.82) is 0 Å². The van der Waals surface area contributed by atoms with E-state index in [2.05, 4.69) is 0 Å². The van der Waals surface area contributed by atoms with E-state index >= 15 is 0 Å². The Balaban J connectivity index is -0.0000000209. The minimum atomic E-state index is -1.83. The number of carbonyl (C=O) groups is 5. The molecule has 0 rings (SSSR count). The van der Waals surface area contributed by atoms with E-state index < -0.39 is 24.6 Å². The molecule has 0 aromatic rings. The van der Waals surface area contributed by atoms with Crippen LogP contribution in [0, 0.1) is 0 Å². The highest BCUT2D eigenvalue weighted by Crippen LogP contribution is 1.43. The summed E-state index contributed by atoms with van der Waals surface area (Å²) in [6.07, 6.45) is -7.33. The molecule has 0 fully saturated rings. The lowest BCUT2D eigenvalue weighted by Gasteiger charge is -1.60. The number of carboxylic acid groups (broad SMARTS) is 8. The first-order chi connectivity index (χ1) is 7.93. The molecule has 0 aliphatic rings. The molecule has 0 heterocycles. The van der Waals surface area contributed by atoms with Crippen LogP contribution in [-0.4, -0.2) is 83.2 Å². The molecule has 15 nitrogen and oxygen atoms in total. The van der Waals surface area contributed by atoms with E-state index in [1.165, 1.54) is 0 Å². The fourth-order valence-electron chi connectivity index (χ4n) is 0. The predicted molar refractivity (Wildman–Crippen MR) is 57.0 cm³/mol. The van der Waals surface area contributed by atoms with E-state index in [4.69, 9.17) is 64.8 Å². The van der Waals surface area contributed by atoms with Crippen LogP contribution in [0.2, 0.25) is 0 Å². The second kappa shape index (κ2) is 44.9. The number of carbonyl (C=O) groups excluding carboxylic acids is 1. The van der Waals surface area contributed by atoms with Crippen LogP contribution in [0.25, 0.3) is 0 Å². The number of rotatable bonds is 0. The average Bonchev–Trinajstić information content (AvgIpc) is 2.01. The van der Waals surface area contributed by atoms with Gasteiger partial charge in [-0.2, -0.15) is 0 Å². The van der Waals surface area contributed by atoms with E-state index in [0.717, 1.165) is 0 Å². The van der Waals surface area contributed by atoms with Gasteiger partial charge in [-0.3, -0.25) is 0 Å². The van der Waals surface area contributed by atoms with Gasteiger partial charge in [0, 0.05) is 0 Å². The predicted octanol–water partition coefficient (Wildman–Crippen LogP) is -0.945. The maximum absolute atomic E-state index is 8.56. The molecule has 0 radical (unpaired) electrons. The molecule has 0 bridgehead atoms. The van der Waals surface area contributed by atoms with Crippen molar-refractivity contribution in [3.8, 4) is 0 Å². The SMILES string of the molecule is C=O.O.O.O=C(O)O.O=C(O)O.O=C(O)O.O=C(O)O. The van der Waals surface area contributed by atoms with Crippen LogP contribution in [-0.2, 0) is 4.79 Å². The first-order valence-electron chi connectivity index (χ1n) is 2.89. The highest BCUT2D eigenvalue weighted by atomic mass is 16.6. The molecule has 0 aromatic heterocycles. The molecular formula is C5H14O15. The molecule has 0 aromatic carbocycles. The van der Waals surface area contributed by atoms with Gasteiger partial charge in [0.05, 0.1) is 0 Å². The van der Waals surface area contributed by atoms with Crippen LogP contribution in [0.15, 0.2) is 0 Å². The zero-order valence-electron chi connectivity index (χ0n) is 9.33. The minimum absolute atomic E-state index is 0. The van der Waals surface area contributed by atoms with Crippen molar-refractivity contribution in [2.75, 3.05) is 0 Å². The van der Waals surface area contributed by atoms with Crippen molar-refractivity contribution < 1.29 is 75.8 Å². The monoisotopic (exact) mass is 314 g/mol. The molecule has 0 saturated heterocycles. The van der Waals surface area contributed by atoms with Crippen molar-refractivity contribution in [3.05, 3.63) is 0 Å². The van der Waals surface area contributed by atoms with E-state index in [-0.39, 0.29) is 11.0 Å². The Morgan fingerprint density at radius 1 is 0.450 bits per heavy atom. The highest BCUT2D eigenvalue weighted by molar-refractivity contribution is 5.54. The standard InChI is InChI=1S/4CH2O3.CH2O.2H2O/c4*2-1(3)4;1-2;;/h4*(H2,2,3,4);1H2;2*1H2. The van der Waals surface area contributed by atoms with Crippen LogP contribution < -0.4 is 0 Å². The van der Waals surface area contributed by atoms with Gasteiger partial charge >= 0.3 is 24.6 Å². The molecule has 124 valence electrons. The maximum atomic E-state index is 8.56. The van der Waals surface area contributed by atoms with E-state index in [1.54, 1.807) is 0 Å². The Hall–Kier alpha value is -3.33. The van der Waals surface area contributed by atoms with Crippen LogP contribution in [0.1, 0.15) is 0 Å². The molecule has 15 heteroatoms. The fraction of sp³-hybridized carbons (Fsp3) is 0. The summed E-state index contributed by atoms with van der Waals surface area (Å²) in [5.41, 5.74) is 0. The third kappa shape index (κ3) is 247. The summed E-state index contributed by atoms with van der Waals surface area (Å²) in [7, 11) is 0. The molecule has 0 spiro atoms. The average molecular weight is 314 g/mol. The van der Waals surface area contributed by atoms with E-state index in [0.29, 0.717) is 0 Å². The second-order valence-corrected chi connectivity index (χ2v) is 1.13. The van der Waals surface area contributed by atoms with Crippen molar-refractivity contribution in [2.45, 2.75) is 0 Å². The third-order valence-corrected chi connectivity index (χ3v) is 0. The molecule has 0 atom stereocenters. The highest BCUT2D eigenvalue weighted by Gasteiger charge is 1.71. The van der Waals surface area contributed by atoms with Crippen LogP contribution in [0.4, 0.5) is 19.2 Å². The van der Waals surface area contributed by atoms with Crippen molar-refractivity contribution in [3.63, 3.8) is 0 Å². The van der Waals surface area contributed by atoms with Gasteiger partial charge in [0.25, 0.3) is 0 Å². The summed E-state index contributed by atoms with van der Waals surface area (Å²) < 4.78 is 0. The molecule has 0 aliphatic heterocycles. The Kier molecular flexibility index (Phi) is 98.2. The van der Waals surface area contributed by atoms with Crippen LogP contribution >= 0.6 is 0 Å². The fourth-order valence-corrected chi connectivity index (χ4v) is 0. The van der Waals surface area contributed by atoms with Crippen molar-refractivity contribution in [2.24, 2.45) is 0 Å². The Morgan fingerprint density at radius 2 is 0.450 bits per heavy atom. The van der Waals surface area contributed by atoms with Gasteiger partial charge < -0.3 is 56.6 Å². The lowest BCUT2D eigenvalue weighted by Crippen LogP contribution is -1.81. The van der Waals surface area contributed by atoms with Gasteiger partial charge in [-0.05, 0) is 0 Å². The van der Waals surface area contributed by atoms with Gasteiger partial charge in [-0.15, -0.1) is 0 Å². The summed E-state index contributed by atoms with van der Waals surface area (Å²) >= 11 is 0. The molecule has 0 aliphatic carbocycles. The summed E-state index contributed by atoms with van der Waals surface area (Å²) in [5.74, 6) is 0. The summed E-state index contributed by atoms with van der Waals surface area (Å²) in [6.45, 7) is 2.00. The smallest absolute Gasteiger partial charge is 0.450 e. The lowest BCUT2D eigenvalue weighted by molar-refractivity contribution is -0.0980. The van der Waals surface area contributed by atoms with Gasteiger partial charge in [-0.25, -0.2) is 19.2 Å². The van der Waals surface area contributed by atoms with Crippen molar-refractivity contribution >= 4 is 31.4 Å². The summed E-state index contributed by atoms with van der Waals surface area (Å²) in [5, 5.41) is 55.8. The van der Waals surface area contributed by atoms with Gasteiger partial charge in [0.2, 0.25) is 0 Å². The molecule has 20 heavy (non-hydrogen) atoms. The molecule has 0 saturated carbocycles. The van der Waals surface area contributed by atoms with E-state index in [1.807, 2.05) is 6.79 Å². The molecular weight excluding hydrogens is 300 g/mol. The quantitative estimate of drug-likeness (QED) is 0.267. The summed E-state index contributed by atoms with van der Waals surface area (Å²) in [4.78, 5) is 42.2. The normalized spacial score (nSPS) is 5.00. The first-order valence-corrected chi connectivity index (χ1v) is 2.89. The number of hydrogen-bond acceptors (Lipinski definition) is 5. The molecule has 0 amide bonds. The van der Waals surface area contributed by atoms with Gasteiger partial charge in [0.15, 0.2) is 0 Å². The first kappa shape index (κ1) is 43.8. The zero-order valence-corrected chi connectivity index (χ0v) is 9.33. The minimum Gasteiger partial charge on any atom is -0.450 e. The topological polar surface area (TPSA) is 310 Å². The Bertz CT molecular complexity index is 168.